The van der Waals surface area contributed by atoms with Crippen LogP contribution in [0.25, 0.3) is 0 Å². The van der Waals surface area contributed by atoms with Crippen LogP contribution < -0.4 is 5.32 Å². The summed E-state index contributed by atoms with van der Waals surface area (Å²) in [7, 11) is -2.16. The normalized spacial score (nSPS) is 22.9. The molecule has 1 heterocycles. The van der Waals surface area contributed by atoms with Crippen molar-refractivity contribution in [3.63, 3.8) is 0 Å². The molecule has 1 fully saturated rings. The maximum atomic E-state index is 10.7. The van der Waals surface area contributed by atoms with Gasteiger partial charge in [0.25, 0.3) is 0 Å². The topological polar surface area (TPSA) is 66.5 Å². The predicted molar refractivity (Wildman–Crippen MR) is 55.7 cm³/mol. The molecule has 1 rings (SSSR count). The average molecular weight is 234 g/mol. The van der Waals surface area contributed by atoms with Gasteiger partial charge in [0.2, 0.25) is 5.91 Å². The Hall–Kier alpha value is -0.0875. The van der Waals surface area contributed by atoms with Crippen LogP contribution in [0.1, 0.15) is 19.8 Å². The second-order valence-corrected chi connectivity index (χ2v) is 4.10. The van der Waals surface area contributed by atoms with Gasteiger partial charge in [-0.2, -0.15) is 0 Å². The van der Waals surface area contributed by atoms with E-state index in [0.717, 1.165) is 12.8 Å². The summed E-state index contributed by atoms with van der Waals surface area (Å²) in [6, 6.07) is -0.0239. The molecule has 0 aromatic heterocycles. The van der Waals surface area contributed by atoms with E-state index in [4.69, 9.17) is 0 Å². The molecule has 1 amide bonds. The second kappa shape index (κ2) is 6.41. The zero-order valence-corrected chi connectivity index (χ0v) is 11.3. The van der Waals surface area contributed by atoms with Crippen molar-refractivity contribution in [2.24, 2.45) is 0 Å². The third kappa shape index (κ3) is 4.42. The second-order valence-electron chi connectivity index (χ2n) is 3.14. The van der Waals surface area contributed by atoms with Crippen LogP contribution in [0.5, 0.6) is 0 Å². The molecule has 1 aliphatic heterocycles. The van der Waals surface area contributed by atoms with Crippen molar-refractivity contribution in [1.29, 1.82) is 0 Å². The number of piperidine rings is 1. The van der Waals surface area contributed by atoms with E-state index in [1.165, 1.54) is 11.2 Å². The average Bonchev–Trinajstić information content (AvgIpc) is 2.03. The van der Waals surface area contributed by atoms with Crippen LogP contribution in [0.4, 0.5) is 0 Å². The first kappa shape index (κ1) is 13.9. The van der Waals surface area contributed by atoms with Gasteiger partial charge in [-0.15, -0.1) is 0 Å². The molecule has 0 aromatic rings. The van der Waals surface area contributed by atoms with Gasteiger partial charge in [0.15, 0.2) is 0 Å². The van der Waals surface area contributed by atoms with Gasteiger partial charge in [0.1, 0.15) is 0 Å². The molecule has 7 heteroatoms. The van der Waals surface area contributed by atoms with Gasteiger partial charge < -0.3 is 18.0 Å². The van der Waals surface area contributed by atoms with Crippen LogP contribution in [0.2, 0.25) is 0 Å². The molecule has 1 aliphatic rings. The predicted octanol–water partition coefficient (Wildman–Crippen LogP) is -1.10. The molecule has 0 aliphatic carbocycles. The van der Waals surface area contributed by atoms with Gasteiger partial charge >= 0.3 is 17.4 Å². The van der Waals surface area contributed by atoms with Crippen molar-refractivity contribution >= 4 is 34.2 Å². The molecule has 5 nitrogen and oxygen atoms in total. The van der Waals surface area contributed by atoms with E-state index in [1.54, 1.807) is 0 Å². The summed E-state index contributed by atoms with van der Waals surface area (Å²) in [5.41, 5.74) is 0. The maximum absolute atomic E-state index is 10.7. The standard InChI is InChI=1S/C7H13N2O3S.Al.2H/c1-6(10)8-7-3-2-4-9(5-7)13(11)12;;;/h7H,2-5H2,1H3,(H,8,10);;;/q-1;+1;;. The molecule has 1 saturated heterocycles. The molecule has 1 N–H and O–H groups in total. The number of carbonyl (C=O) groups is 1. The minimum absolute atomic E-state index is 0. The van der Waals surface area contributed by atoms with Crippen LogP contribution in [-0.4, -0.2) is 46.7 Å². The van der Waals surface area contributed by atoms with E-state index >= 15 is 0 Å². The summed E-state index contributed by atoms with van der Waals surface area (Å²) in [6.45, 7) is 2.40. The van der Waals surface area contributed by atoms with Crippen molar-refractivity contribution in [2.45, 2.75) is 25.8 Å². The van der Waals surface area contributed by atoms with E-state index in [9.17, 15) is 13.2 Å². The van der Waals surface area contributed by atoms with Gasteiger partial charge in [-0.3, -0.25) is 4.79 Å². The van der Waals surface area contributed by atoms with Crippen molar-refractivity contribution in [3.05, 3.63) is 0 Å². The molecule has 0 radical (unpaired) electrons. The zero-order chi connectivity index (χ0) is 9.84. The first-order valence-electron chi connectivity index (χ1n) is 4.21. The summed E-state index contributed by atoms with van der Waals surface area (Å²) in [4.78, 5) is 10.7. The van der Waals surface area contributed by atoms with Gasteiger partial charge in [0.05, 0.1) is 0 Å². The number of amides is 1. The van der Waals surface area contributed by atoms with Crippen molar-refractivity contribution in [2.75, 3.05) is 13.1 Å². The van der Waals surface area contributed by atoms with Crippen LogP contribution in [0.15, 0.2) is 0 Å². The van der Waals surface area contributed by atoms with Gasteiger partial charge in [-0.25, -0.2) is 0 Å². The Morgan fingerprint density at radius 2 is 2.14 bits per heavy atom. The van der Waals surface area contributed by atoms with Crippen LogP contribution in [0.3, 0.4) is 0 Å². The van der Waals surface area contributed by atoms with E-state index in [1.807, 2.05) is 0 Å². The molecule has 0 bridgehead atoms. The molecule has 14 heavy (non-hydrogen) atoms. The monoisotopic (exact) mass is 234 g/mol. The molecule has 1 unspecified atom stereocenters. The fourth-order valence-electron chi connectivity index (χ4n) is 1.48. The quantitative estimate of drug-likeness (QED) is 0.487. The van der Waals surface area contributed by atoms with E-state index < -0.39 is 10.9 Å². The van der Waals surface area contributed by atoms with E-state index in [2.05, 4.69) is 5.32 Å². The van der Waals surface area contributed by atoms with E-state index in [0.29, 0.717) is 13.1 Å². The van der Waals surface area contributed by atoms with E-state index in [-0.39, 0.29) is 29.3 Å². The molecule has 0 saturated carbocycles. The third-order valence-electron chi connectivity index (χ3n) is 2.00. The minimum atomic E-state index is -2.16. The van der Waals surface area contributed by atoms with Crippen molar-refractivity contribution in [3.8, 4) is 0 Å². The number of nitrogens with one attached hydrogen (secondary N) is 1. The SMILES string of the molecule is CC(=O)NC1CCCN([S-](=O)=O)C1.[AlH2+]. The van der Waals surface area contributed by atoms with Crippen molar-refractivity contribution < 1.29 is 13.2 Å². The molecule has 1 atom stereocenters. The Labute approximate surface area is 96.1 Å². The molecular formula is C7H15AlN2O3S. The summed E-state index contributed by atoms with van der Waals surface area (Å²) >= 11 is 0. The number of nitrogens with zero attached hydrogens (tertiary/aromatic N) is 1. The van der Waals surface area contributed by atoms with Crippen LogP contribution >= 0.6 is 0 Å². The molecular weight excluding hydrogens is 219 g/mol. The van der Waals surface area contributed by atoms with Crippen LogP contribution in [0, 0.1) is 0 Å². The third-order valence-corrected chi connectivity index (χ3v) is 2.76. The number of hydrogen-bond acceptors (Lipinski definition) is 4. The molecule has 0 aromatic carbocycles. The van der Waals surface area contributed by atoms with Gasteiger partial charge in [-0.1, -0.05) is 0 Å². The Morgan fingerprint density at radius 3 is 2.64 bits per heavy atom. The number of hydrogen-bond donors (Lipinski definition) is 1. The summed E-state index contributed by atoms with van der Waals surface area (Å²) in [6.07, 6.45) is 1.66. The summed E-state index contributed by atoms with van der Waals surface area (Å²) in [5, 5.41) is 2.71. The first-order valence-corrected chi connectivity index (χ1v) is 5.24. The number of rotatable bonds is 2. The van der Waals surface area contributed by atoms with Gasteiger partial charge in [0, 0.05) is 19.5 Å². The fraction of sp³-hybridized carbons (Fsp3) is 0.857. The Bertz CT molecular complexity index is 262. The zero-order valence-electron chi connectivity index (χ0n) is 8.49. The first-order chi connectivity index (χ1) is 6.09. The molecule has 80 valence electrons. The fourth-order valence-corrected chi connectivity index (χ4v) is 2.06. The Morgan fingerprint density at radius 1 is 1.50 bits per heavy atom. The van der Waals surface area contributed by atoms with Crippen molar-refractivity contribution in [1.82, 2.24) is 9.62 Å². The summed E-state index contributed by atoms with van der Waals surface area (Å²) < 4.78 is 22.5. The van der Waals surface area contributed by atoms with Gasteiger partial charge in [-0.05, 0) is 30.3 Å². The Kier molecular flexibility index (Phi) is 6.37. The van der Waals surface area contributed by atoms with Crippen LogP contribution in [-0.2, 0) is 24.1 Å². The number of carbonyl (C=O) groups excluding carboxylic acids is 1. The molecule has 0 spiro atoms. The summed E-state index contributed by atoms with van der Waals surface area (Å²) in [5.74, 6) is -0.108. The Balaban J connectivity index is 0.00000169.